The van der Waals surface area contributed by atoms with E-state index in [4.69, 9.17) is 0 Å². The van der Waals surface area contributed by atoms with E-state index in [0.717, 1.165) is 18.7 Å². The largest absolute Gasteiger partial charge is 0.350 e. The molecule has 5 heteroatoms. The highest BCUT2D eigenvalue weighted by Crippen LogP contribution is 2.20. The molecule has 1 aliphatic rings. The van der Waals surface area contributed by atoms with Crippen molar-refractivity contribution in [2.24, 2.45) is 0 Å². The molecule has 0 atom stereocenters. The van der Waals surface area contributed by atoms with Crippen LogP contribution in [0.1, 0.15) is 24.1 Å². The molecule has 0 unspecified atom stereocenters. The Morgan fingerprint density at radius 3 is 2.81 bits per heavy atom. The molecule has 1 aromatic carbocycles. The van der Waals surface area contributed by atoms with E-state index in [1.165, 1.54) is 18.5 Å². The summed E-state index contributed by atoms with van der Waals surface area (Å²) < 4.78 is 2.17. The second-order valence-corrected chi connectivity index (χ2v) is 5.48. The van der Waals surface area contributed by atoms with Gasteiger partial charge in [-0.15, -0.1) is 0 Å². The van der Waals surface area contributed by atoms with Gasteiger partial charge in [-0.2, -0.15) is 0 Å². The molecule has 110 valence electrons. The van der Waals surface area contributed by atoms with Gasteiger partial charge in [0.05, 0.1) is 4.92 Å². The normalized spacial score (nSPS) is 14.3. The monoisotopic (exact) mass is 285 g/mol. The Bertz CT molecular complexity index is 632. The highest BCUT2D eigenvalue weighted by Gasteiger charge is 2.20. The first-order valence-corrected chi connectivity index (χ1v) is 7.34. The maximum atomic E-state index is 11.0. The third-order valence-electron chi connectivity index (χ3n) is 3.88. The van der Waals surface area contributed by atoms with Gasteiger partial charge >= 0.3 is 0 Å². The summed E-state index contributed by atoms with van der Waals surface area (Å²) in [6.45, 7) is 1.63. The van der Waals surface area contributed by atoms with Crippen molar-refractivity contribution in [3.05, 3.63) is 64.0 Å². The van der Waals surface area contributed by atoms with Crippen molar-refractivity contribution in [2.75, 3.05) is 0 Å². The number of para-hydroxylation sites is 1. The highest BCUT2D eigenvalue weighted by molar-refractivity contribution is 5.39. The van der Waals surface area contributed by atoms with E-state index >= 15 is 0 Å². The molecule has 5 nitrogen and oxygen atoms in total. The molecule has 1 aromatic heterocycles. The lowest BCUT2D eigenvalue weighted by Gasteiger charge is -2.10. The molecule has 0 radical (unpaired) electrons. The Hall–Kier alpha value is -2.14. The first-order valence-electron chi connectivity index (χ1n) is 7.34. The summed E-state index contributed by atoms with van der Waals surface area (Å²) >= 11 is 0. The summed E-state index contributed by atoms with van der Waals surface area (Å²) in [5, 5.41) is 14.5. The molecule has 0 saturated heterocycles. The van der Waals surface area contributed by atoms with E-state index in [0.29, 0.717) is 12.5 Å². The fourth-order valence-electron chi connectivity index (χ4n) is 2.51. The maximum absolute atomic E-state index is 11.0. The average Bonchev–Trinajstić information content (AvgIpc) is 3.21. The van der Waals surface area contributed by atoms with Gasteiger partial charge in [0.1, 0.15) is 0 Å². The van der Waals surface area contributed by atoms with Crippen molar-refractivity contribution in [2.45, 2.75) is 38.4 Å². The summed E-state index contributed by atoms with van der Waals surface area (Å²) in [5.74, 6) is 0. The number of rotatable bonds is 7. The minimum atomic E-state index is -0.305. The Labute approximate surface area is 123 Å². The fraction of sp³-hybridized carbons (Fsp3) is 0.375. The number of benzene rings is 1. The number of hydrogen-bond acceptors (Lipinski definition) is 3. The lowest BCUT2D eigenvalue weighted by molar-refractivity contribution is -0.385. The van der Waals surface area contributed by atoms with Gasteiger partial charge in [0.2, 0.25) is 0 Å². The zero-order valence-corrected chi connectivity index (χ0v) is 11.9. The zero-order valence-electron chi connectivity index (χ0n) is 11.9. The molecule has 0 spiro atoms. The molecular weight excluding hydrogens is 266 g/mol. The standard InChI is InChI=1S/C16H19N3O2/c20-19(21)16-6-2-1-4-13(16)9-11-18-10-3-5-15(18)12-17-14-7-8-14/h1-6,10,14,17H,7-9,11-12H2. The lowest BCUT2D eigenvalue weighted by Crippen LogP contribution is -2.18. The molecule has 21 heavy (non-hydrogen) atoms. The lowest BCUT2D eigenvalue weighted by atomic mass is 10.1. The summed E-state index contributed by atoms with van der Waals surface area (Å²) in [4.78, 5) is 10.7. The van der Waals surface area contributed by atoms with Crippen LogP contribution in [0.3, 0.4) is 0 Å². The van der Waals surface area contributed by atoms with Crippen LogP contribution in [0, 0.1) is 10.1 Å². The van der Waals surface area contributed by atoms with E-state index in [-0.39, 0.29) is 10.6 Å². The number of nitrogens with zero attached hydrogens (tertiary/aromatic N) is 2. The summed E-state index contributed by atoms with van der Waals surface area (Å²) in [5.41, 5.74) is 2.24. The van der Waals surface area contributed by atoms with E-state index in [2.05, 4.69) is 16.0 Å². The number of aromatic nitrogens is 1. The maximum Gasteiger partial charge on any atom is 0.272 e. The van der Waals surface area contributed by atoms with Crippen LogP contribution in [0.2, 0.25) is 0 Å². The second kappa shape index (κ2) is 6.10. The van der Waals surface area contributed by atoms with E-state index in [9.17, 15) is 10.1 Å². The predicted molar refractivity (Wildman–Crippen MR) is 81.1 cm³/mol. The number of hydrogen-bond donors (Lipinski definition) is 1. The Balaban J connectivity index is 1.64. The summed E-state index contributed by atoms with van der Waals surface area (Å²) in [7, 11) is 0. The smallest absolute Gasteiger partial charge is 0.272 e. The van der Waals surface area contributed by atoms with Crippen LogP contribution in [0.4, 0.5) is 5.69 Å². The Morgan fingerprint density at radius 1 is 1.24 bits per heavy atom. The van der Waals surface area contributed by atoms with Crippen LogP contribution in [0.5, 0.6) is 0 Å². The number of nitro benzene ring substituents is 1. The van der Waals surface area contributed by atoms with Crippen molar-refractivity contribution in [1.82, 2.24) is 9.88 Å². The topological polar surface area (TPSA) is 60.1 Å². The minimum Gasteiger partial charge on any atom is -0.350 e. The quantitative estimate of drug-likeness (QED) is 0.628. The van der Waals surface area contributed by atoms with Crippen molar-refractivity contribution < 1.29 is 4.92 Å². The predicted octanol–water partition coefficient (Wildman–Crippen LogP) is 2.89. The number of aryl methyl sites for hydroxylation is 2. The zero-order chi connectivity index (χ0) is 14.7. The molecule has 0 bridgehead atoms. The van der Waals surface area contributed by atoms with Gasteiger partial charge in [0.15, 0.2) is 0 Å². The molecular formula is C16H19N3O2. The minimum absolute atomic E-state index is 0.210. The first kappa shape index (κ1) is 13.8. The van der Waals surface area contributed by atoms with Crippen LogP contribution in [-0.4, -0.2) is 15.5 Å². The van der Waals surface area contributed by atoms with Gasteiger partial charge < -0.3 is 9.88 Å². The molecule has 1 fully saturated rings. The number of nitro groups is 1. The third kappa shape index (κ3) is 3.49. The fourth-order valence-corrected chi connectivity index (χ4v) is 2.51. The molecule has 0 aliphatic heterocycles. The first-order chi connectivity index (χ1) is 10.2. The molecule has 1 saturated carbocycles. The second-order valence-electron chi connectivity index (χ2n) is 5.48. The van der Waals surface area contributed by atoms with Gasteiger partial charge in [-0.25, -0.2) is 0 Å². The molecule has 0 amide bonds. The molecule has 3 rings (SSSR count). The van der Waals surface area contributed by atoms with Crippen LogP contribution in [0.25, 0.3) is 0 Å². The van der Waals surface area contributed by atoms with Crippen LogP contribution in [-0.2, 0) is 19.5 Å². The van der Waals surface area contributed by atoms with Crippen LogP contribution < -0.4 is 5.32 Å². The van der Waals surface area contributed by atoms with Crippen LogP contribution in [0.15, 0.2) is 42.6 Å². The molecule has 1 N–H and O–H groups in total. The average molecular weight is 285 g/mol. The van der Waals surface area contributed by atoms with E-state index in [1.807, 2.05) is 24.4 Å². The summed E-state index contributed by atoms with van der Waals surface area (Å²) in [6.07, 6.45) is 5.26. The van der Waals surface area contributed by atoms with Crippen molar-refractivity contribution in [1.29, 1.82) is 0 Å². The highest BCUT2D eigenvalue weighted by atomic mass is 16.6. The number of nitrogens with one attached hydrogen (secondary N) is 1. The summed E-state index contributed by atoms with van der Waals surface area (Å²) in [6, 6.07) is 11.8. The van der Waals surface area contributed by atoms with E-state index in [1.54, 1.807) is 12.1 Å². The van der Waals surface area contributed by atoms with Crippen molar-refractivity contribution >= 4 is 5.69 Å². The third-order valence-corrected chi connectivity index (χ3v) is 3.88. The van der Waals surface area contributed by atoms with Gasteiger partial charge in [-0.1, -0.05) is 18.2 Å². The van der Waals surface area contributed by atoms with Crippen LogP contribution >= 0.6 is 0 Å². The van der Waals surface area contributed by atoms with Gasteiger partial charge in [-0.05, 0) is 31.4 Å². The van der Waals surface area contributed by atoms with Gasteiger partial charge in [0, 0.05) is 42.7 Å². The van der Waals surface area contributed by atoms with E-state index < -0.39 is 0 Å². The molecule has 1 heterocycles. The van der Waals surface area contributed by atoms with Gasteiger partial charge in [0.25, 0.3) is 5.69 Å². The van der Waals surface area contributed by atoms with Crippen molar-refractivity contribution in [3.8, 4) is 0 Å². The Morgan fingerprint density at radius 2 is 2.05 bits per heavy atom. The Kier molecular flexibility index (Phi) is 4.01. The molecule has 1 aliphatic carbocycles. The SMILES string of the molecule is O=[N+]([O-])c1ccccc1CCn1cccc1CNC1CC1. The molecule has 2 aromatic rings. The van der Waals surface area contributed by atoms with Gasteiger partial charge in [-0.3, -0.25) is 10.1 Å². The van der Waals surface area contributed by atoms with Crippen molar-refractivity contribution in [3.63, 3.8) is 0 Å².